The number of rotatable bonds is 3. The third-order valence-corrected chi connectivity index (χ3v) is 2.32. The molecule has 0 unspecified atom stereocenters. The lowest BCUT2D eigenvalue weighted by Gasteiger charge is -2.17. The Morgan fingerprint density at radius 3 is 2.64 bits per heavy atom. The van der Waals surface area contributed by atoms with Crippen molar-refractivity contribution in [1.82, 2.24) is 0 Å². The van der Waals surface area contributed by atoms with Crippen molar-refractivity contribution < 1.29 is 9.50 Å². The van der Waals surface area contributed by atoms with Gasteiger partial charge < -0.3 is 10.8 Å². The van der Waals surface area contributed by atoms with Crippen molar-refractivity contribution >= 4 is 11.6 Å². The van der Waals surface area contributed by atoms with Crippen LogP contribution in [-0.2, 0) is 0 Å². The molecular weight excluding hydrogens is 205 g/mol. The van der Waals surface area contributed by atoms with E-state index in [0.29, 0.717) is 17.0 Å². The summed E-state index contributed by atoms with van der Waals surface area (Å²) in [7, 11) is 0. The fourth-order valence-electron chi connectivity index (χ4n) is 1.24. The van der Waals surface area contributed by atoms with E-state index in [1.165, 1.54) is 12.1 Å². The Kier molecular flexibility index (Phi) is 3.86. The van der Waals surface area contributed by atoms with Crippen LogP contribution in [0.25, 0.3) is 0 Å². The monoisotopic (exact) mass is 217 g/mol. The van der Waals surface area contributed by atoms with Gasteiger partial charge in [0.25, 0.3) is 0 Å². The van der Waals surface area contributed by atoms with E-state index in [0.717, 1.165) is 0 Å². The summed E-state index contributed by atoms with van der Waals surface area (Å²) in [6.07, 6.45) is -0.150. The van der Waals surface area contributed by atoms with Crippen molar-refractivity contribution in [3.8, 4) is 0 Å². The molecule has 0 radical (unpaired) electrons. The molecule has 0 aliphatic carbocycles. The number of nitrogens with two attached hydrogens (primary N) is 1. The number of hydrogen-bond donors (Lipinski definition) is 2. The summed E-state index contributed by atoms with van der Waals surface area (Å²) in [5.41, 5.74) is 6.23. The van der Waals surface area contributed by atoms with E-state index in [4.69, 9.17) is 17.3 Å². The van der Waals surface area contributed by atoms with Crippen LogP contribution < -0.4 is 5.73 Å². The molecule has 0 heterocycles. The average Bonchev–Trinajstić information content (AvgIpc) is 2.14. The summed E-state index contributed by atoms with van der Waals surface area (Å²) in [4.78, 5) is 0. The van der Waals surface area contributed by atoms with Crippen LogP contribution >= 0.6 is 11.6 Å². The van der Waals surface area contributed by atoms with E-state index in [1.54, 1.807) is 6.07 Å². The van der Waals surface area contributed by atoms with Crippen LogP contribution in [0.1, 0.15) is 24.9 Å². The molecule has 1 aromatic rings. The van der Waals surface area contributed by atoms with Gasteiger partial charge in [0.2, 0.25) is 0 Å². The van der Waals surface area contributed by atoms with Gasteiger partial charge in [-0.05, 0) is 30.2 Å². The molecule has 2 atom stereocenters. The zero-order chi connectivity index (χ0) is 10.7. The maximum absolute atomic E-state index is 12.9. The number of aliphatic hydroxyl groups excluding tert-OH is 1. The summed E-state index contributed by atoms with van der Waals surface area (Å²) in [6.45, 7) is 1.81. The van der Waals surface area contributed by atoms with Gasteiger partial charge in [-0.2, -0.15) is 0 Å². The van der Waals surface area contributed by atoms with Crippen LogP contribution in [0, 0.1) is 5.82 Å². The normalized spacial score (nSPS) is 15.2. The highest BCUT2D eigenvalue weighted by atomic mass is 35.5. The molecule has 0 aromatic heterocycles. The highest BCUT2D eigenvalue weighted by Gasteiger charge is 2.15. The molecule has 0 bridgehead atoms. The van der Waals surface area contributed by atoms with Crippen molar-refractivity contribution in [3.63, 3.8) is 0 Å². The van der Waals surface area contributed by atoms with Crippen molar-refractivity contribution in [2.45, 2.75) is 25.5 Å². The number of aliphatic hydroxyl groups is 1. The second-order valence-electron chi connectivity index (χ2n) is 3.20. The van der Waals surface area contributed by atoms with Gasteiger partial charge >= 0.3 is 0 Å². The van der Waals surface area contributed by atoms with Crippen LogP contribution in [0.5, 0.6) is 0 Å². The Morgan fingerprint density at radius 2 is 2.14 bits per heavy atom. The molecule has 0 aliphatic heterocycles. The predicted octanol–water partition coefficient (Wildman–Crippen LogP) is 2.25. The number of benzene rings is 1. The van der Waals surface area contributed by atoms with Gasteiger partial charge in [-0.3, -0.25) is 0 Å². The average molecular weight is 218 g/mol. The molecule has 78 valence electrons. The van der Waals surface area contributed by atoms with Gasteiger partial charge in [-0.1, -0.05) is 18.5 Å². The first-order valence-electron chi connectivity index (χ1n) is 4.44. The molecule has 4 heteroatoms. The third-order valence-electron chi connectivity index (χ3n) is 2.10. The van der Waals surface area contributed by atoms with E-state index in [9.17, 15) is 9.50 Å². The van der Waals surface area contributed by atoms with Gasteiger partial charge in [0.05, 0.1) is 12.1 Å². The summed E-state index contributed by atoms with van der Waals surface area (Å²) < 4.78 is 12.9. The van der Waals surface area contributed by atoms with Gasteiger partial charge in [0, 0.05) is 5.02 Å². The lowest BCUT2D eigenvalue weighted by molar-refractivity contribution is 0.140. The first-order chi connectivity index (χ1) is 6.54. The molecule has 14 heavy (non-hydrogen) atoms. The van der Waals surface area contributed by atoms with E-state index in [-0.39, 0.29) is 0 Å². The highest BCUT2D eigenvalue weighted by Crippen LogP contribution is 2.21. The van der Waals surface area contributed by atoms with Gasteiger partial charge in [-0.15, -0.1) is 0 Å². The Balaban J connectivity index is 2.94. The minimum Gasteiger partial charge on any atom is -0.391 e. The quantitative estimate of drug-likeness (QED) is 0.816. The van der Waals surface area contributed by atoms with Crippen LogP contribution in [0.2, 0.25) is 5.02 Å². The Morgan fingerprint density at radius 1 is 1.50 bits per heavy atom. The van der Waals surface area contributed by atoms with Gasteiger partial charge in [0.1, 0.15) is 5.82 Å². The molecular formula is C10H13ClFNO. The van der Waals surface area contributed by atoms with E-state index in [1.807, 2.05) is 6.92 Å². The highest BCUT2D eigenvalue weighted by molar-refractivity contribution is 6.30. The topological polar surface area (TPSA) is 46.2 Å². The van der Waals surface area contributed by atoms with Crippen LogP contribution in [0.3, 0.4) is 0 Å². The maximum Gasteiger partial charge on any atom is 0.125 e. The number of halogens is 2. The minimum atomic E-state index is -0.673. The van der Waals surface area contributed by atoms with Crippen molar-refractivity contribution in [3.05, 3.63) is 34.6 Å². The number of hydrogen-bond acceptors (Lipinski definition) is 2. The van der Waals surface area contributed by atoms with Crippen molar-refractivity contribution in [2.75, 3.05) is 0 Å². The zero-order valence-electron chi connectivity index (χ0n) is 7.87. The fraction of sp³-hybridized carbons (Fsp3) is 0.400. The molecule has 1 rings (SSSR count). The Bertz CT molecular complexity index is 299. The van der Waals surface area contributed by atoms with Crippen molar-refractivity contribution in [2.24, 2.45) is 5.73 Å². The molecule has 3 N–H and O–H groups in total. The first-order valence-corrected chi connectivity index (χ1v) is 4.82. The summed E-state index contributed by atoms with van der Waals surface area (Å²) in [5, 5.41) is 9.76. The SMILES string of the molecule is CC[C@@H](O)[C@@H](N)c1cc(F)cc(Cl)c1. The van der Waals surface area contributed by atoms with Crippen LogP contribution in [0.4, 0.5) is 4.39 Å². The van der Waals surface area contributed by atoms with E-state index in [2.05, 4.69) is 0 Å². The molecule has 1 aromatic carbocycles. The predicted molar refractivity (Wildman–Crippen MR) is 54.6 cm³/mol. The third kappa shape index (κ3) is 2.67. The maximum atomic E-state index is 12.9. The second-order valence-corrected chi connectivity index (χ2v) is 3.64. The second kappa shape index (κ2) is 4.73. The molecule has 0 amide bonds. The summed E-state index contributed by atoms with van der Waals surface area (Å²) in [6, 6.07) is 3.47. The summed E-state index contributed by atoms with van der Waals surface area (Å²) in [5.74, 6) is -0.439. The largest absolute Gasteiger partial charge is 0.391 e. The van der Waals surface area contributed by atoms with Gasteiger partial charge in [0.15, 0.2) is 0 Å². The Hall–Kier alpha value is -0.640. The van der Waals surface area contributed by atoms with Crippen molar-refractivity contribution in [1.29, 1.82) is 0 Å². The van der Waals surface area contributed by atoms with E-state index < -0.39 is 18.0 Å². The van der Waals surface area contributed by atoms with E-state index >= 15 is 0 Å². The van der Waals surface area contributed by atoms with Crippen LogP contribution in [0.15, 0.2) is 18.2 Å². The summed E-state index contributed by atoms with van der Waals surface area (Å²) >= 11 is 5.66. The zero-order valence-corrected chi connectivity index (χ0v) is 8.63. The van der Waals surface area contributed by atoms with Crippen LogP contribution in [-0.4, -0.2) is 11.2 Å². The molecule has 0 aliphatic rings. The molecule has 2 nitrogen and oxygen atoms in total. The smallest absolute Gasteiger partial charge is 0.125 e. The Labute approximate surface area is 87.5 Å². The lowest BCUT2D eigenvalue weighted by Crippen LogP contribution is -2.25. The molecule has 0 saturated carbocycles. The fourth-order valence-corrected chi connectivity index (χ4v) is 1.47. The molecule has 0 saturated heterocycles. The first kappa shape index (κ1) is 11.4. The molecule has 0 fully saturated rings. The minimum absolute atomic E-state index is 0.291. The lowest BCUT2D eigenvalue weighted by atomic mass is 10.0. The van der Waals surface area contributed by atoms with Gasteiger partial charge in [-0.25, -0.2) is 4.39 Å². The standard InChI is InChI=1S/C10H13ClFNO/c1-2-9(14)10(13)6-3-7(11)5-8(12)4-6/h3-5,9-10,14H,2,13H2,1H3/t9-,10+/m1/s1. The molecule has 0 spiro atoms.